The molecule has 0 unspecified atom stereocenters. The minimum atomic E-state index is -0.901. The number of aliphatic hydroxyl groups is 1. The Bertz CT molecular complexity index is 1270. The van der Waals surface area contributed by atoms with Crippen LogP contribution in [0.3, 0.4) is 0 Å². The van der Waals surface area contributed by atoms with Crippen LogP contribution in [0.1, 0.15) is 26.3 Å². The first-order chi connectivity index (χ1) is 15.2. The summed E-state index contributed by atoms with van der Waals surface area (Å²) in [5.41, 5.74) is 1.88. The third kappa shape index (κ3) is 4.55. The van der Waals surface area contributed by atoms with E-state index >= 15 is 0 Å². The van der Waals surface area contributed by atoms with Gasteiger partial charge >= 0.3 is 0 Å². The molecule has 8 heteroatoms. The fourth-order valence-electron chi connectivity index (χ4n) is 3.37. The molecule has 1 N–H and O–H groups in total. The number of hydrogen-bond acceptors (Lipinski definition) is 5. The summed E-state index contributed by atoms with van der Waals surface area (Å²) < 4.78 is 21.7. The van der Waals surface area contributed by atoms with Gasteiger partial charge in [0.15, 0.2) is 5.65 Å². The number of fused-ring (bicyclic) bond motifs is 1. The first-order valence-electron chi connectivity index (χ1n) is 10.3. The van der Waals surface area contributed by atoms with Crippen LogP contribution in [-0.2, 0) is 12.0 Å². The molecule has 32 heavy (non-hydrogen) atoms. The summed E-state index contributed by atoms with van der Waals surface area (Å²) >= 11 is 0. The van der Waals surface area contributed by atoms with E-state index in [9.17, 15) is 14.3 Å². The molecule has 7 nitrogen and oxygen atoms in total. The van der Waals surface area contributed by atoms with Gasteiger partial charge in [-0.15, -0.1) is 0 Å². The molecule has 2 aromatic carbocycles. The fourth-order valence-corrected chi connectivity index (χ4v) is 3.37. The lowest BCUT2D eigenvalue weighted by Gasteiger charge is -2.19. The van der Waals surface area contributed by atoms with Crippen LogP contribution < -0.4 is 10.3 Å². The Morgan fingerprint density at radius 3 is 2.44 bits per heavy atom. The Hall–Kier alpha value is -3.52. The van der Waals surface area contributed by atoms with Gasteiger partial charge < -0.3 is 9.84 Å². The van der Waals surface area contributed by atoms with Crippen LogP contribution in [0.2, 0.25) is 0 Å². The zero-order valence-corrected chi connectivity index (χ0v) is 18.2. The number of halogens is 1. The Kier molecular flexibility index (Phi) is 5.80. The molecule has 4 aromatic rings. The molecule has 0 bridgehead atoms. The summed E-state index contributed by atoms with van der Waals surface area (Å²) in [6.07, 6.45) is 1.89. The molecule has 2 aromatic heterocycles. The molecule has 0 saturated heterocycles. The predicted octanol–water partition coefficient (Wildman–Crippen LogP) is 3.46. The number of hydrogen-bond donors (Lipinski definition) is 1. The SMILES string of the molecule is CC(C)(C)c1ccc(OC[C@@H](O)Cn2cnc3c(cnn3-c3ccc(F)cc3)c2=O)cc1. The van der Waals surface area contributed by atoms with Crippen molar-refractivity contribution in [1.29, 1.82) is 0 Å². The van der Waals surface area contributed by atoms with Crippen molar-refractivity contribution in [2.75, 3.05) is 6.61 Å². The second kappa shape index (κ2) is 8.55. The summed E-state index contributed by atoms with van der Waals surface area (Å²) in [5.74, 6) is 0.292. The molecule has 0 radical (unpaired) electrons. The Morgan fingerprint density at radius 1 is 1.09 bits per heavy atom. The van der Waals surface area contributed by atoms with Crippen molar-refractivity contribution < 1.29 is 14.2 Å². The second-order valence-electron chi connectivity index (χ2n) is 8.71. The van der Waals surface area contributed by atoms with E-state index in [0.717, 1.165) is 0 Å². The summed E-state index contributed by atoms with van der Waals surface area (Å²) in [6.45, 7) is 6.48. The molecule has 0 fully saturated rings. The van der Waals surface area contributed by atoms with Crippen molar-refractivity contribution in [3.05, 3.63) is 82.8 Å². The number of aliphatic hydroxyl groups excluding tert-OH is 1. The van der Waals surface area contributed by atoms with E-state index in [0.29, 0.717) is 22.5 Å². The first-order valence-corrected chi connectivity index (χ1v) is 10.3. The predicted molar refractivity (Wildman–Crippen MR) is 120 cm³/mol. The van der Waals surface area contributed by atoms with Gasteiger partial charge in [-0.05, 0) is 47.4 Å². The van der Waals surface area contributed by atoms with Crippen LogP contribution in [0.25, 0.3) is 16.7 Å². The standard InChI is InChI=1S/C24H25FN4O3/c1-24(2,3)16-4-10-20(11-5-16)32-14-19(30)13-28-15-26-22-21(23(28)31)12-27-29(22)18-8-6-17(25)7-9-18/h4-12,15,19,30H,13-14H2,1-3H3/t19-/m0/s1. The second-order valence-corrected chi connectivity index (χ2v) is 8.71. The lowest BCUT2D eigenvalue weighted by Crippen LogP contribution is -2.30. The van der Waals surface area contributed by atoms with E-state index in [-0.39, 0.29) is 29.9 Å². The zero-order valence-electron chi connectivity index (χ0n) is 18.2. The molecule has 4 rings (SSSR count). The van der Waals surface area contributed by atoms with Gasteiger partial charge in [-0.3, -0.25) is 9.36 Å². The molecule has 0 aliphatic rings. The van der Waals surface area contributed by atoms with Crippen molar-refractivity contribution in [1.82, 2.24) is 19.3 Å². The number of aromatic nitrogens is 4. The molecule has 1 atom stereocenters. The van der Waals surface area contributed by atoms with Crippen LogP contribution in [0.4, 0.5) is 4.39 Å². The number of benzene rings is 2. The maximum atomic E-state index is 13.2. The molecule has 0 aliphatic carbocycles. The maximum Gasteiger partial charge on any atom is 0.264 e. The average Bonchev–Trinajstić information content (AvgIpc) is 3.19. The largest absolute Gasteiger partial charge is 0.491 e. The van der Waals surface area contributed by atoms with Crippen LogP contribution >= 0.6 is 0 Å². The summed E-state index contributed by atoms with van der Waals surface area (Å²) in [4.78, 5) is 17.1. The van der Waals surface area contributed by atoms with E-state index in [4.69, 9.17) is 4.74 Å². The van der Waals surface area contributed by atoms with Crippen molar-refractivity contribution >= 4 is 11.0 Å². The van der Waals surface area contributed by atoms with E-state index in [1.807, 2.05) is 24.3 Å². The highest BCUT2D eigenvalue weighted by atomic mass is 19.1. The monoisotopic (exact) mass is 436 g/mol. The van der Waals surface area contributed by atoms with Gasteiger partial charge in [-0.1, -0.05) is 32.9 Å². The Morgan fingerprint density at radius 2 is 1.78 bits per heavy atom. The molecule has 0 amide bonds. The number of nitrogens with zero attached hydrogens (tertiary/aromatic N) is 4. The zero-order chi connectivity index (χ0) is 22.9. The smallest absolute Gasteiger partial charge is 0.264 e. The quantitative estimate of drug-likeness (QED) is 0.501. The molecule has 0 saturated carbocycles. The van der Waals surface area contributed by atoms with Gasteiger partial charge in [0.1, 0.15) is 36.0 Å². The highest BCUT2D eigenvalue weighted by Crippen LogP contribution is 2.24. The summed E-state index contributed by atoms with van der Waals surface area (Å²) in [7, 11) is 0. The van der Waals surface area contributed by atoms with Gasteiger partial charge in [0.05, 0.1) is 18.4 Å². The minimum absolute atomic E-state index is 0.0313. The summed E-state index contributed by atoms with van der Waals surface area (Å²) in [6, 6.07) is 13.5. The van der Waals surface area contributed by atoms with Crippen molar-refractivity contribution in [2.24, 2.45) is 0 Å². The lowest BCUT2D eigenvalue weighted by molar-refractivity contribution is 0.0914. The van der Waals surface area contributed by atoms with Gasteiger partial charge in [-0.2, -0.15) is 5.10 Å². The molecule has 166 valence electrons. The van der Waals surface area contributed by atoms with Crippen molar-refractivity contribution in [2.45, 2.75) is 38.8 Å². The lowest BCUT2D eigenvalue weighted by atomic mass is 9.87. The third-order valence-electron chi connectivity index (χ3n) is 5.20. The van der Waals surface area contributed by atoms with Crippen molar-refractivity contribution in [3.63, 3.8) is 0 Å². The maximum absolute atomic E-state index is 13.2. The van der Waals surface area contributed by atoms with Crippen LogP contribution in [0.5, 0.6) is 5.75 Å². The van der Waals surface area contributed by atoms with Gasteiger partial charge in [0.2, 0.25) is 0 Å². The molecular weight excluding hydrogens is 411 g/mol. The highest BCUT2D eigenvalue weighted by Gasteiger charge is 2.15. The molecule has 0 spiro atoms. The number of rotatable bonds is 6. The van der Waals surface area contributed by atoms with E-state index in [1.165, 1.54) is 39.5 Å². The van der Waals surface area contributed by atoms with Crippen LogP contribution in [-0.4, -0.2) is 37.1 Å². The fraction of sp³-hybridized carbons (Fsp3) is 0.292. The van der Waals surface area contributed by atoms with Crippen molar-refractivity contribution in [3.8, 4) is 11.4 Å². The van der Waals surface area contributed by atoms with E-state index in [1.54, 1.807) is 12.1 Å². The normalized spacial score (nSPS) is 12.8. The summed E-state index contributed by atoms with van der Waals surface area (Å²) in [5, 5.41) is 14.9. The minimum Gasteiger partial charge on any atom is -0.491 e. The van der Waals surface area contributed by atoms with E-state index in [2.05, 4.69) is 30.9 Å². The van der Waals surface area contributed by atoms with Crippen LogP contribution in [0, 0.1) is 5.82 Å². The Balaban J connectivity index is 1.45. The average molecular weight is 436 g/mol. The third-order valence-corrected chi connectivity index (χ3v) is 5.20. The van der Waals surface area contributed by atoms with Gasteiger partial charge in [0.25, 0.3) is 5.56 Å². The van der Waals surface area contributed by atoms with Crippen LogP contribution in [0.15, 0.2) is 65.8 Å². The molecule has 0 aliphatic heterocycles. The molecular formula is C24H25FN4O3. The van der Waals surface area contributed by atoms with E-state index < -0.39 is 6.10 Å². The van der Waals surface area contributed by atoms with Gasteiger partial charge in [-0.25, -0.2) is 14.1 Å². The topological polar surface area (TPSA) is 82.2 Å². The highest BCUT2D eigenvalue weighted by molar-refractivity contribution is 5.74. The molecule has 2 heterocycles. The van der Waals surface area contributed by atoms with Gasteiger partial charge in [0, 0.05) is 0 Å². The number of ether oxygens (including phenoxy) is 1. The first kappa shape index (κ1) is 21.7. The Labute approximate surface area is 184 Å².